The smallest absolute Gasteiger partial charge is 0.311 e. The summed E-state index contributed by atoms with van der Waals surface area (Å²) < 4.78 is 1.21. The number of fused-ring (bicyclic) bond motifs is 1. The van der Waals surface area contributed by atoms with Crippen molar-refractivity contribution < 1.29 is 9.90 Å². The average molecular weight is 296 g/mol. The highest BCUT2D eigenvalue weighted by Crippen LogP contribution is 2.30. The first-order valence-electron chi connectivity index (χ1n) is 6.89. The summed E-state index contributed by atoms with van der Waals surface area (Å²) in [5.74, 6) is -1.27. The minimum Gasteiger partial charge on any atom is -0.481 e. The molecule has 3 aromatic rings. The molecule has 2 aromatic carbocycles. The molecule has 0 aliphatic carbocycles. The molecule has 0 bridgehead atoms. The predicted octanol–water partition coefficient (Wildman–Crippen LogP) is 4.62. The van der Waals surface area contributed by atoms with E-state index in [1.54, 1.807) is 11.3 Å². The Kier molecular flexibility index (Phi) is 3.76. The van der Waals surface area contributed by atoms with Crippen LogP contribution in [-0.2, 0) is 11.2 Å². The van der Waals surface area contributed by atoms with E-state index in [0.29, 0.717) is 6.42 Å². The Morgan fingerprint density at radius 1 is 1.14 bits per heavy atom. The van der Waals surface area contributed by atoms with Gasteiger partial charge in [0.2, 0.25) is 0 Å². The van der Waals surface area contributed by atoms with Crippen molar-refractivity contribution in [2.24, 2.45) is 0 Å². The van der Waals surface area contributed by atoms with Gasteiger partial charge in [0.05, 0.1) is 5.92 Å². The zero-order valence-electron chi connectivity index (χ0n) is 11.7. The topological polar surface area (TPSA) is 37.3 Å². The quantitative estimate of drug-likeness (QED) is 0.762. The van der Waals surface area contributed by atoms with Gasteiger partial charge in [-0.2, -0.15) is 0 Å². The highest BCUT2D eigenvalue weighted by atomic mass is 32.1. The summed E-state index contributed by atoms with van der Waals surface area (Å²) >= 11 is 1.67. The lowest BCUT2D eigenvalue weighted by atomic mass is 9.91. The number of carboxylic acids is 1. The van der Waals surface area contributed by atoms with Gasteiger partial charge in [0.1, 0.15) is 0 Å². The minimum absolute atomic E-state index is 0.497. The largest absolute Gasteiger partial charge is 0.481 e. The van der Waals surface area contributed by atoms with Crippen LogP contribution < -0.4 is 0 Å². The van der Waals surface area contributed by atoms with Crippen LogP contribution in [0.3, 0.4) is 0 Å². The monoisotopic (exact) mass is 296 g/mol. The summed E-state index contributed by atoms with van der Waals surface area (Å²) in [5, 5.41) is 12.8. The van der Waals surface area contributed by atoms with Gasteiger partial charge < -0.3 is 5.11 Å². The molecule has 3 heteroatoms. The van der Waals surface area contributed by atoms with Crippen LogP contribution in [0.15, 0.2) is 53.9 Å². The van der Waals surface area contributed by atoms with Gasteiger partial charge in [-0.3, -0.25) is 4.79 Å². The molecule has 0 saturated carbocycles. The van der Waals surface area contributed by atoms with Crippen LogP contribution in [0.25, 0.3) is 10.1 Å². The van der Waals surface area contributed by atoms with Crippen LogP contribution in [0.5, 0.6) is 0 Å². The first kappa shape index (κ1) is 13.8. The van der Waals surface area contributed by atoms with Crippen molar-refractivity contribution >= 4 is 27.4 Å². The standard InChI is InChI=1S/C18H16O2S/c1-12-6-8-13(9-7-12)16(18(19)20)10-14-11-21-17-5-3-2-4-15(14)17/h2-9,11,16H,10H2,1H3,(H,19,20). The van der Waals surface area contributed by atoms with Crippen molar-refractivity contribution in [3.63, 3.8) is 0 Å². The minimum atomic E-state index is -0.769. The molecule has 0 fully saturated rings. The number of hydrogen-bond acceptors (Lipinski definition) is 2. The fourth-order valence-corrected chi connectivity index (χ4v) is 3.53. The Morgan fingerprint density at radius 3 is 2.57 bits per heavy atom. The maximum absolute atomic E-state index is 11.7. The van der Waals surface area contributed by atoms with Gasteiger partial charge >= 0.3 is 5.97 Å². The summed E-state index contributed by atoms with van der Waals surface area (Å²) in [4.78, 5) is 11.7. The number of aliphatic carboxylic acids is 1. The van der Waals surface area contributed by atoms with Crippen LogP contribution in [-0.4, -0.2) is 11.1 Å². The van der Waals surface area contributed by atoms with E-state index in [0.717, 1.165) is 16.7 Å². The summed E-state index contributed by atoms with van der Waals surface area (Å²) in [6.07, 6.45) is 0.530. The molecule has 0 saturated heterocycles. The Bertz CT molecular complexity index is 771. The molecule has 0 aliphatic heterocycles. The molecule has 0 radical (unpaired) electrons. The van der Waals surface area contributed by atoms with Crippen LogP contribution in [0.4, 0.5) is 0 Å². The maximum Gasteiger partial charge on any atom is 0.311 e. The van der Waals surface area contributed by atoms with Gasteiger partial charge in [-0.1, -0.05) is 48.0 Å². The zero-order valence-corrected chi connectivity index (χ0v) is 12.6. The summed E-state index contributed by atoms with van der Waals surface area (Å²) in [7, 11) is 0. The van der Waals surface area contributed by atoms with Crippen molar-refractivity contribution in [1.82, 2.24) is 0 Å². The van der Waals surface area contributed by atoms with Crippen LogP contribution in [0.2, 0.25) is 0 Å². The molecule has 1 N–H and O–H groups in total. The van der Waals surface area contributed by atoms with Crippen molar-refractivity contribution in [1.29, 1.82) is 0 Å². The zero-order chi connectivity index (χ0) is 14.8. The summed E-state index contributed by atoms with van der Waals surface area (Å²) in [5.41, 5.74) is 3.12. The summed E-state index contributed by atoms with van der Waals surface area (Å²) in [6.45, 7) is 2.01. The van der Waals surface area contributed by atoms with E-state index >= 15 is 0 Å². The molecule has 106 valence electrons. The maximum atomic E-state index is 11.7. The van der Waals surface area contributed by atoms with Crippen LogP contribution >= 0.6 is 11.3 Å². The Balaban J connectivity index is 1.96. The van der Waals surface area contributed by atoms with E-state index < -0.39 is 11.9 Å². The van der Waals surface area contributed by atoms with Crippen LogP contribution in [0, 0.1) is 6.92 Å². The summed E-state index contributed by atoms with van der Waals surface area (Å²) in [6, 6.07) is 15.9. The molecular formula is C18H16O2S. The second-order valence-corrected chi connectivity index (χ2v) is 6.17. The molecule has 2 nitrogen and oxygen atoms in total. The molecule has 1 unspecified atom stereocenters. The number of benzene rings is 2. The molecular weight excluding hydrogens is 280 g/mol. The number of aryl methyl sites for hydroxylation is 1. The SMILES string of the molecule is Cc1ccc(C(Cc2csc3ccccc23)C(=O)O)cc1. The highest BCUT2D eigenvalue weighted by molar-refractivity contribution is 7.17. The fourth-order valence-electron chi connectivity index (χ4n) is 2.56. The normalized spacial score (nSPS) is 12.4. The Hall–Kier alpha value is -2.13. The van der Waals surface area contributed by atoms with Gasteiger partial charge in [0.15, 0.2) is 0 Å². The van der Waals surface area contributed by atoms with Gasteiger partial charge in [0, 0.05) is 4.70 Å². The molecule has 0 amide bonds. The van der Waals surface area contributed by atoms with E-state index in [4.69, 9.17) is 0 Å². The molecule has 21 heavy (non-hydrogen) atoms. The van der Waals surface area contributed by atoms with Crippen molar-refractivity contribution in [3.05, 3.63) is 70.6 Å². The molecule has 1 atom stereocenters. The third kappa shape index (κ3) is 2.83. The number of thiophene rings is 1. The third-order valence-corrected chi connectivity index (χ3v) is 4.78. The number of carboxylic acid groups (broad SMARTS) is 1. The third-order valence-electron chi connectivity index (χ3n) is 3.76. The molecule has 3 rings (SSSR count). The van der Waals surface area contributed by atoms with Gasteiger partial charge in [0.25, 0.3) is 0 Å². The Labute approximate surface area is 127 Å². The lowest BCUT2D eigenvalue weighted by molar-refractivity contribution is -0.138. The van der Waals surface area contributed by atoms with E-state index in [9.17, 15) is 9.90 Å². The second-order valence-electron chi connectivity index (χ2n) is 5.26. The number of rotatable bonds is 4. The van der Waals surface area contributed by atoms with Gasteiger partial charge in [-0.15, -0.1) is 11.3 Å². The van der Waals surface area contributed by atoms with E-state index in [2.05, 4.69) is 17.5 Å². The van der Waals surface area contributed by atoms with Crippen LogP contribution in [0.1, 0.15) is 22.6 Å². The first-order valence-corrected chi connectivity index (χ1v) is 7.77. The van der Waals surface area contributed by atoms with Crippen molar-refractivity contribution in [2.45, 2.75) is 19.3 Å². The molecule has 0 spiro atoms. The van der Waals surface area contributed by atoms with E-state index in [1.165, 1.54) is 10.1 Å². The van der Waals surface area contributed by atoms with Crippen molar-refractivity contribution in [2.75, 3.05) is 0 Å². The van der Waals surface area contributed by atoms with Crippen molar-refractivity contribution in [3.8, 4) is 0 Å². The predicted molar refractivity (Wildman–Crippen MR) is 87.1 cm³/mol. The molecule has 1 heterocycles. The average Bonchev–Trinajstić information content (AvgIpc) is 2.89. The first-order chi connectivity index (χ1) is 10.1. The van der Waals surface area contributed by atoms with Gasteiger partial charge in [-0.25, -0.2) is 0 Å². The number of hydrogen-bond donors (Lipinski definition) is 1. The molecule has 0 aliphatic rings. The number of carbonyl (C=O) groups is 1. The second kappa shape index (κ2) is 5.70. The molecule has 1 aromatic heterocycles. The Morgan fingerprint density at radius 2 is 1.86 bits per heavy atom. The van der Waals surface area contributed by atoms with E-state index in [-0.39, 0.29) is 0 Å². The lowest BCUT2D eigenvalue weighted by Crippen LogP contribution is -2.14. The van der Waals surface area contributed by atoms with E-state index in [1.807, 2.05) is 43.3 Å². The lowest BCUT2D eigenvalue weighted by Gasteiger charge is -2.12. The highest BCUT2D eigenvalue weighted by Gasteiger charge is 2.21. The fraction of sp³-hybridized carbons (Fsp3) is 0.167. The van der Waals surface area contributed by atoms with Gasteiger partial charge in [-0.05, 0) is 41.3 Å².